The number of carbonyl (C=O) groups excluding carboxylic acids is 1. The minimum Gasteiger partial charge on any atom is -0.380 e. The number of carbonyl (C=O) groups is 1. The second-order valence-corrected chi connectivity index (χ2v) is 4.86. The van der Waals surface area contributed by atoms with Crippen molar-refractivity contribution in [2.24, 2.45) is 23.7 Å². The first-order valence-electron chi connectivity index (χ1n) is 5.44. The summed E-state index contributed by atoms with van der Waals surface area (Å²) < 4.78 is 5.44. The van der Waals surface area contributed by atoms with Crippen molar-refractivity contribution in [2.45, 2.75) is 13.8 Å². The molecule has 0 aromatic carbocycles. The molecule has 0 radical (unpaired) electrons. The van der Waals surface area contributed by atoms with Crippen LogP contribution in [0.5, 0.6) is 0 Å². The maximum absolute atomic E-state index is 12.0. The van der Waals surface area contributed by atoms with Crippen LogP contribution in [0.3, 0.4) is 0 Å². The van der Waals surface area contributed by atoms with Gasteiger partial charge >= 0.3 is 0 Å². The molecule has 0 saturated carbocycles. The molecule has 14 heavy (non-hydrogen) atoms. The third-order valence-electron chi connectivity index (χ3n) is 3.95. The van der Waals surface area contributed by atoms with E-state index >= 15 is 0 Å². The van der Waals surface area contributed by atoms with E-state index in [1.54, 1.807) is 0 Å². The zero-order chi connectivity index (χ0) is 10.3. The van der Waals surface area contributed by atoms with Crippen LogP contribution in [0.25, 0.3) is 0 Å². The summed E-state index contributed by atoms with van der Waals surface area (Å²) in [6, 6.07) is 0. The first kappa shape index (κ1) is 9.97. The summed E-state index contributed by atoms with van der Waals surface area (Å²) in [6.07, 6.45) is 0. The van der Waals surface area contributed by atoms with E-state index in [1.165, 1.54) is 0 Å². The summed E-state index contributed by atoms with van der Waals surface area (Å²) >= 11 is 0. The molecule has 0 bridgehead atoms. The van der Waals surface area contributed by atoms with Crippen molar-refractivity contribution in [1.82, 2.24) is 4.90 Å². The van der Waals surface area contributed by atoms with E-state index in [9.17, 15) is 4.79 Å². The van der Waals surface area contributed by atoms with E-state index in [0.29, 0.717) is 24.4 Å². The number of rotatable bonds is 0. The molecule has 0 aliphatic carbocycles. The molecule has 3 nitrogen and oxygen atoms in total. The van der Waals surface area contributed by atoms with Gasteiger partial charge in [-0.1, -0.05) is 13.8 Å². The quantitative estimate of drug-likeness (QED) is 0.579. The van der Waals surface area contributed by atoms with Gasteiger partial charge in [-0.05, 0) is 17.8 Å². The zero-order valence-electron chi connectivity index (χ0n) is 9.19. The monoisotopic (exact) mass is 197 g/mol. The number of hydrogen-bond acceptors (Lipinski definition) is 2. The Morgan fingerprint density at radius 1 is 1.36 bits per heavy atom. The van der Waals surface area contributed by atoms with Crippen LogP contribution in [0.2, 0.25) is 0 Å². The topological polar surface area (TPSA) is 29.5 Å². The first-order valence-corrected chi connectivity index (χ1v) is 5.44. The highest BCUT2D eigenvalue weighted by Gasteiger charge is 2.43. The van der Waals surface area contributed by atoms with Crippen molar-refractivity contribution in [3.8, 4) is 0 Å². The van der Waals surface area contributed by atoms with E-state index in [0.717, 1.165) is 13.2 Å². The van der Waals surface area contributed by atoms with Crippen LogP contribution in [-0.2, 0) is 9.53 Å². The molecule has 0 spiro atoms. The largest absolute Gasteiger partial charge is 0.380 e. The second-order valence-electron chi connectivity index (χ2n) is 4.86. The number of ether oxygens (including phenoxy) is 1. The van der Waals surface area contributed by atoms with Crippen LogP contribution in [0.4, 0.5) is 0 Å². The van der Waals surface area contributed by atoms with Crippen molar-refractivity contribution in [2.75, 3.05) is 26.8 Å². The highest BCUT2D eigenvalue weighted by Crippen LogP contribution is 2.36. The third-order valence-corrected chi connectivity index (χ3v) is 3.95. The summed E-state index contributed by atoms with van der Waals surface area (Å²) in [5.41, 5.74) is 0. The number of likely N-dealkylation sites (tertiary alicyclic amines) is 1. The normalized spacial score (nSPS) is 43.6. The molecule has 2 fully saturated rings. The maximum atomic E-state index is 12.0. The van der Waals surface area contributed by atoms with Crippen molar-refractivity contribution < 1.29 is 9.53 Å². The number of hydrogen-bond donors (Lipinski definition) is 0. The number of fused-ring (bicyclic) bond motifs is 1. The molecule has 4 atom stereocenters. The Morgan fingerprint density at radius 3 is 2.79 bits per heavy atom. The summed E-state index contributed by atoms with van der Waals surface area (Å²) in [6.45, 7) is 6.78. The van der Waals surface area contributed by atoms with E-state index in [1.807, 2.05) is 11.9 Å². The van der Waals surface area contributed by atoms with Crippen molar-refractivity contribution in [3.05, 3.63) is 0 Å². The van der Waals surface area contributed by atoms with Crippen molar-refractivity contribution in [3.63, 3.8) is 0 Å². The lowest BCUT2D eigenvalue weighted by atomic mass is 9.79. The minimum absolute atomic E-state index is 0.125. The van der Waals surface area contributed by atoms with Crippen LogP contribution in [0, 0.1) is 23.7 Å². The molecule has 0 aromatic heterocycles. The summed E-state index contributed by atoms with van der Waals surface area (Å²) in [7, 11) is 1.91. The van der Waals surface area contributed by atoms with Gasteiger partial charge in [0.1, 0.15) is 0 Å². The van der Waals surface area contributed by atoms with Gasteiger partial charge in [-0.25, -0.2) is 0 Å². The van der Waals surface area contributed by atoms with Gasteiger partial charge in [0, 0.05) is 13.6 Å². The maximum Gasteiger partial charge on any atom is 0.228 e. The lowest BCUT2D eigenvalue weighted by Gasteiger charge is -2.23. The summed E-state index contributed by atoms with van der Waals surface area (Å²) in [5, 5.41) is 0. The van der Waals surface area contributed by atoms with Gasteiger partial charge in [0.15, 0.2) is 0 Å². The molecule has 2 saturated heterocycles. The van der Waals surface area contributed by atoms with Gasteiger partial charge in [0.05, 0.1) is 19.1 Å². The summed E-state index contributed by atoms with van der Waals surface area (Å²) in [4.78, 5) is 13.8. The average molecular weight is 197 g/mol. The molecule has 0 aromatic rings. The molecule has 2 aliphatic heterocycles. The SMILES string of the molecule is C[C@@H]1CN(C)C(=O)C2COCC2[C@@H]1C. The lowest BCUT2D eigenvalue weighted by molar-refractivity contribution is -0.134. The molecule has 80 valence electrons. The Labute approximate surface area is 85.4 Å². The smallest absolute Gasteiger partial charge is 0.228 e. The van der Waals surface area contributed by atoms with E-state index in [-0.39, 0.29) is 11.8 Å². The van der Waals surface area contributed by atoms with Crippen LogP contribution >= 0.6 is 0 Å². The molecular formula is C11H19NO2. The fourth-order valence-corrected chi connectivity index (χ4v) is 2.74. The average Bonchev–Trinajstić information content (AvgIpc) is 2.60. The van der Waals surface area contributed by atoms with E-state index < -0.39 is 0 Å². The van der Waals surface area contributed by atoms with E-state index in [4.69, 9.17) is 4.74 Å². The highest BCUT2D eigenvalue weighted by atomic mass is 16.5. The highest BCUT2D eigenvalue weighted by molar-refractivity contribution is 5.79. The third kappa shape index (κ3) is 1.44. The van der Waals surface area contributed by atoms with Gasteiger partial charge in [-0.15, -0.1) is 0 Å². The Kier molecular flexibility index (Phi) is 2.52. The Hall–Kier alpha value is -0.570. The second kappa shape index (κ2) is 3.54. The molecule has 2 aliphatic rings. The molecule has 3 heteroatoms. The Morgan fingerprint density at radius 2 is 2.07 bits per heavy atom. The van der Waals surface area contributed by atoms with Gasteiger partial charge in [0.25, 0.3) is 0 Å². The van der Waals surface area contributed by atoms with Crippen LogP contribution in [0.1, 0.15) is 13.8 Å². The molecular weight excluding hydrogens is 178 g/mol. The molecule has 2 unspecified atom stereocenters. The lowest BCUT2D eigenvalue weighted by Crippen LogP contribution is -2.34. The fourth-order valence-electron chi connectivity index (χ4n) is 2.74. The molecule has 2 rings (SSSR count). The Bertz CT molecular complexity index is 241. The van der Waals surface area contributed by atoms with Crippen LogP contribution in [-0.4, -0.2) is 37.6 Å². The number of nitrogens with zero attached hydrogens (tertiary/aromatic N) is 1. The van der Waals surface area contributed by atoms with Gasteiger partial charge in [-0.3, -0.25) is 4.79 Å². The first-order chi connectivity index (χ1) is 6.61. The van der Waals surface area contributed by atoms with Gasteiger partial charge in [-0.2, -0.15) is 0 Å². The molecule has 2 heterocycles. The fraction of sp³-hybridized carbons (Fsp3) is 0.909. The van der Waals surface area contributed by atoms with Crippen molar-refractivity contribution in [1.29, 1.82) is 0 Å². The van der Waals surface area contributed by atoms with E-state index in [2.05, 4.69) is 13.8 Å². The van der Waals surface area contributed by atoms with Crippen LogP contribution < -0.4 is 0 Å². The van der Waals surface area contributed by atoms with Gasteiger partial charge < -0.3 is 9.64 Å². The number of amides is 1. The summed E-state index contributed by atoms with van der Waals surface area (Å²) in [5.74, 6) is 2.03. The standard InChI is InChI=1S/C11H19NO2/c1-7-4-12(3)11(13)10-6-14-5-9(10)8(7)2/h7-10H,4-6H2,1-3H3/t7-,8-,9?,10?/m1/s1. The predicted octanol–water partition coefficient (Wildman–Crippen LogP) is 0.993. The predicted molar refractivity (Wildman–Crippen MR) is 53.8 cm³/mol. The van der Waals surface area contributed by atoms with Crippen molar-refractivity contribution >= 4 is 5.91 Å². The minimum atomic E-state index is 0.125. The molecule has 1 amide bonds. The van der Waals surface area contributed by atoms with Crippen LogP contribution in [0.15, 0.2) is 0 Å². The Balaban J connectivity index is 2.24. The molecule has 0 N–H and O–H groups in total. The van der Waals surface area contributed by atoms with Gasteiger partial charge in [0.2, 0.25) is 5.91 Å². The zero-order valence-corrected chi connectivity index (χ0v) is 9.19.